The predicted molar refractivity (Wildman–Crippen MR) is 53.4 cm³/mol. The minimum Gasteiger partial charge on any atom is -0.443 e. The van der Waals surface area contributed by atoms with Crippen molar-refractivity contribution in [1.82, 2.24) is 4.90 Å². The standard InChI is InChI=1S/C8H19NO2Si/c1-5-8(2,3)11-7(10)9(4)6-12/h5-6H2,1-4,12H3. The van der Waals surface area contributed by atoms with Crippen LogP contribution in [0.25, 0.3) is 0 Å². The van der Waals surface area contributed by atoms with E-state index in [9.17, 15) is 4.79 Å². The van der Waals surface area contributed by atoms with E-state index in [1.807, 2.05) is 20.8 Å². The summed E-state index contributed by atoms with van der Waals surface area (Å²) in [7, 11) is 2.75. The highest BCUT2D eigenvalue weighted by molar-refractivity contribution is 6.09. The highest BCUT2D eigenvalue weighted by Gasteiger charge is 2.21. The number of carbonyl (C=O) groups is 1. The maximum absolute atomic E-state index is 11.3. The molecule has 0 aromatic rings. The molecule has 0 rings (SSSR count). The van der Waals surface area contributed by atoms with E-state index in [0.29, 0.717) is 0 Å². The largest absolute Gasteiger partial charge is 0.443 e. The fraction of sp³-hybridized carbons (Fsp3) is 0.875. The summed E-state index contributed by atoms with van der Waals surface area (Å²) in [6.07, 6.45) is 1.45. The molecule has 0 aliphatic carbocycles. The Hall–Kier alpha value is -0.513. The molecule has 0 aromatic carbocycles. The summed E-state index contributed by atoms with van der Waals surface area (Å²) in [5.74, 6) is 0. The average Bonchev–Trinajstić information content (AvgIpc) is 2.02. The van der Waals surface area contributed by atoms with Gasteiger partial charge in [0.15, 0.2) is 0 Å². The second kappa shape index (κ2) is 4.50. The summed E-state index contributed by atoms with van der Waals surface area (Å²) in [5.41, 5.74) is -0.331. The molecule has 12 heavy (non-hydrogen) atoms. The third kappa shape index (κ3) is 3.76. The maximum atomic E-state index is 11.3. The van der Waals surface area contributed by atoms with E-state index in [4.69, 9.17) is 4.74 Å². The van der Waals surface area contributed by atoms with Crippen LogP contribution in [0, 0.1) is 0 Å². The lowest BCUT2D eigenvalue weighted by Crippen LogP contribution is -2.36. The van der Waals surface area contributed by atoms with Gasteiger partial charge in [-0.25, -0.2) is 4.79 Å². The van der Waals surface area contributed by atoms with Gasteiger partial charge in [-0.05, 0) is 20.3 Å². The molecule has 0 bridgehead atoms. The van der Waals surface area contributed by atoms with Crippen LogP contribution >= 0.6 is 0 Å². The van der Waals surface area contributed by atoms with E-state index < -0.39 is 0 Å². The van der Waals surface area contributed by atoms with E-state index in [-0.39, 0.29) is 11.7 Å². The van der Waals surface area contributed by atoms with E-state index >= 15 is 0 Å². The van der Waals surface area contributed by atoms with Gasteiger partial charge < -0.3 is 9.64 Å². The smallest absolute Gasteiger partial charge is 0.409 e. The molecule has 0 saturated heterocycles. The minimum absolute atomic E-state index is 0.211. The Labute approximate surface area is 77.5 Å². The molecule has 3 nitrogen and oxygen atoms in total. The fourth-order valence-electron chi connectivity index (χ4n) is 0.516. The Bertz CT molecular complexity index is 159. The fourth-order valence-corrected chi connectivity index (χ4v) is 0.774. The number of nitrogens with zero attached hydrogens (tertiary/aromatic N) is 1. The van der Waals surface area contributed by atoms with E-state index in [1.165, 1.54) is 0 Å². The Morgan fingerprint density at radius 1 is 1.58 bits per heavy atom. The van der Waals surface area contributed by atoms with E-state index in [2.05, 4.69) is 0 Å². The molecular weight excluding hydrogens is 170 g/mol. The molecule has 0 fully saturated rings. The summed E-state index contributed by atoms with van der Waals surface area (Å²) in [6, 6.07) is 0. The summed E-state index contributed by atoms with van der Waals surface area (Å²) < 4.78 is 5.25. The van der Waals surface area contributed by atoms with Gasteiger partial charge >= 0.3 is 6.09 Å². The number of ether oxygens (including phenoxy) is 1. The van der Waals surface area contributed by atoms with Crippen LogP contribution in [0.2, 0.25) is 0 Å². The molecule has 0 saturated carbocycles. The van der Waals surface area contributed by atoms with Crippen LogP contribution in [0.3, 0.4) is 0 Å². The molecule has 72 valence electrons. The molecule has 0 heterocycles. The van der Waals surface area contributed by atoms with Crippen molar-refractivity contribution in [2.45, 2.75) is 32.8 Å². The second-order valence-corrected chi connectivity index (χ2v) is 4.13. The zero-order chi connectivity index (χ0) is 9.78. The number of hydrogen-bond acceptors (Lipinski definition) is 2. The molecule has 0 aliphatic heterocycles. The van der Waals surface area contributed by atoms with Gasteiger partial charge in [0.25, 0.3) is 0 Å². The van der Waals surface area contributed by atoms with Crippen molar-refractivity contribution >= 4 is 16.3 Å². The third-order valence-electron chi connectivity index (χ3n) is 2.00. The van der Waals surface area contributed by atoms with Crippen molar-refractivity contribution in [1.29, 1.82) is 0 Å². The normalized spacial score (nSPS) is 11.3. The van der Waals surface area contributed by atoms with Gasteiger partial charge in [-0.1, -0.05) is 6.92 Å². The Balaban J connectivity index is 4.00. The lowest BCUT2D eigenvalue weighted by Gasteiger charge is -2.26. The Morgan fingerprint density at radius 3 is 2.42 bits per heavy atom. The molecule has 0 atom stereocenters. The molecule has 0 aliphatic rings. The highest BCUT2D eigenvalue weighted by atomic mass is 28.1. The first kappa shape index (κ1) is 11.5. The first-order valence-corrected chi connectivity index (χ1v) is 5.78. The summed E-state index contributed by atoms with van der Waals surface area (Å²) in [4.78, 5) is 12.9. The minimum atomic E-state index is -0.331. The first-order valence-electron chi connectivity index (χ1n) is 4.37. The number of hydrogen-bond donors (Lipinski definition) is 0. The zero-order valence-electron chi connectivity index (χ0n) is 8.68. The van der Waals surface area contributed by atoms with Crippen molar-refractivity contribution in [3.05, 3.63) is 0 Å². The van der Waals surface area contributed by atoms with Crippen LogP contribution in [-0.2, 0) is 4.74 Å². The summed E-state index contributed by atoms with van der Waals surface area (Å²) >= 11 is 0. The lowest BCUT2D eigenvalue weighted by molar-refractivity contribution is 0.0183. The van der Waals surface area contributed by atoms with E-state index in [0.717, 1.165) is 22.8 Å². The van der Waals surface area contributed by atoms with Gasteiger partial charge in [-0.2, -0.15) is 0 Å². The molecule has 0 N–H and O–H groups in total. The number of rotatable bonds is 3. The zero-order valence-corrected chi connectivity index (χ0v) is 10.7. The number of amides is 1. The quantitative estimate of drug-likeness (QED) is 0.607. The lowest BCUT2D eigenvalue weighted by atomic mass is 10.1. The van der Waals surface area contributed by atoms with Gasteiger partial charge in [0, 0.05) is 23.5 Å². The van der Waals surface area contributed by atoms with Gasteiger partial charge in [0.2, 0.25) is 0 Å². The average molecular weight is 189 g/mol. The van der Waals surface area contributed by atoms with Crippen molar-refractivity contribution < 1.29 is 9.53 Å². The molecule has 0 aromatic heterocycles. The molecular formula is C8H19NO2Si. The van der Waals surface area contributed by atoms with Gasteiger partial charge in [-0.15, -0.1) is 0 Å². The Morgan fingerprint density at radius 2 is 2.08 bits per heavy atom. The van der Waals surface area contributed by atoms with E-state index in [1.54, 1.807) is 11.9 Å². The third-order valence-corrected chi connectivity index (χ3v) is 2.95. The Kier molecular flexibility index (Phi) is 4.30. The number of carbonyl (C=O) groups excluding carboxylic acids is 1. The maximum Gasteiger partial charge on any atom is 0.409 e. The summed E-state index contributed by atoms with van der Waals surface area (Å²) in [6.45, 7) is 5.85. The SMILES string of the molecule is CCC(C)(C)OC(=O)N(C)C[SiH3]. The van der Waals surface area contributed by atoms with Crippen LogP contribution < -0.4 is 0 Å². The van der Waals surface area contributed by atoms with Gasteiger partial charge in [0.1, 0.15) is 5.60 Å². The van der Waals surface area contributed by atoms with Crippen molar-refractivity contribution in [2.75, 3.05) is 13.2 Å². The predicted octanol–water partition coefficient (Wildman–Crippen LogP) is 0.566. The van der Waals surface area contributed by atoms with Crippen LogP contribution in [0.5, 0.6) is 0 Å². The molecule has 0 spiro atoms. The second-order valence-electron chi connectivity index (χ2n) is 3.50. The topological polar surface area (TPSA) is 29.5 Å². The molecule has 0 radical (unpaired) electrons. The van der Waals surface area contributed by atoms with Crippen LogP contribution in [-0.4, -0.2) is 40.1 Å². The molecule has 1 amide bonds. The molecule has 0 unspecified atom stereocenters. The summed E-state index contributed by atoms with van der Waals surface area (Å²) in [5, 5.41) is 0. The van der Waals surface area contributed by atoms with Crippen molar-refractivity contribution in [2.24, 2.45) is 0 Å². The van der Waals surface area contributed by atoms with Crippen molar-refractivity contribution in [3.63, 3.8) is 0 Å². The van der Waals surface area contributed by atoms with Crippen LogP contribution in [0.15, 0.2) is 0 Å². The van der Waals surface area contributed by atoms with Gasteiger partial charge in [-0.3, -0.25) is 0 Å². The van der Waals surface area contributed by atoms with Crippen LogP contribution in [0.4, 0.5) is 4.79 Å². The molecule has 4 heteroatoms. The highest BCUT2D eigenvalue weighted by Crippen LogP contribution is 2.14. The van der Waals surface area contributed by atoms with Gasteiger partial charge in [0.05, 0.1) is 0 Å². The van der Waals surface area contributed by atoms with Crippen LogP contribution in [0.1, 0.15) is 27.2 Å². The first-order chi connectivity index (χ1) is 5.43. The van der Waals surface area contributed by atoms with Crippen molar-refractivity contribution in [3.8, 4) is 0 Å². The monoisotopic (exact) mass is 189 g/mol.